The molecule has 1 heterocycles. The number of hydrogen-bond donors (Lipinski definition) is 1. The summed E-state index contributed by atoms with van der Waals surface area (Å²) < 4.78 is 1.70. The van der Waals surface area contributed by atoms with Crippen LogP contribution in [0.3, 0.4) is 0 Å². The van der Waals surface area contributed by atoms with Gasteiger partial charge in [-0.25, -0.2) is 9.48 Å². The summed E-state index contributed by atoms with van der Waals surface area (Å²) in [5.41, 5.74) is 2.39. The molecule has 0 saturated heterocycles. The predicted octanol–water partition coefficient (Wildman–Crippen LogP) is 4.47. The van der Waals surface area contributed by atoms with Crippen LogP contribution in [0.4, 0.5) is 0 Å². The smallest absolute Gasteiger partial charge is 0.339 e. The zero-order valence-electron chi connectivity index (χ0n) is 12.6. The zero-order valence-corrected chi connectivity index (χ0v) is 13.3. The van der Waals surface area contributed by atoms with Crippen molar-refractivity contribution in [3.63, 3.8) is 0 Å². The number of nitrogens with zero attached hydrogens (tertiary/aromatic N) is 2. The number of carboxylic acids is 1. The number of aromatic nitrogens is 2. The van der Waals surface area contributed by atoms with Crippen molar-refractivity contribution in [2.75, 3.05) is 0 Å². The lowest BCUT2D eigenvalue weighted by Crippen LogP contribution is -2.08. The molecule has 0 spiro atoms. The van der Waals surface area contributed by atoms with E-state index in [2.05, 4.69) is 5.10 Å². The second kappa shape index (κ2) is 5.90. The van der Waals surface area contributed by atoms with Crippen LogP contribution in [-0.4, -0.2) is 20.9 Å². The van der Waals surface area contributed by atoms with Crippen LogP contribution >= 0.6 is 11.6 Å². The summed E-state index contributed by atoms with van der Waals surface area (Å²) in [6.07, 6.45) is 0. The van der Waals surface area contributed by atoms with Crippen LogP contribution in [0.2, 0.25) is 5.02 Å². The second-order valence-corrected chi connectivity index (χ2v) is 6.09. The first-order valence-corrected chi connectivity index (χ1v) is 7.32. The van der Waals surface area contributed by atoms with Crippen molar-refractivity contribution >= 4 is 17.6 Å². The summed E-state index contributed by atoms with van der Waals surface area (Å²) in [5, 5.41) is 14.7. The lowest BCUT2D eigenvalue weighted by Gasteiger charge is -2.11. The second-order valence-electron chi connectivity index (χ2n) is 5.65. The van der Waals surface area contributed by atoms with Gasteiger partial charge in [0.15, 0.2) is 0 Å². The summed E-state index contributed by atoms with van der Waals surface area (Å²) in [7, 11) is 0. The van der Waals surface area contributed by atoms with Gasteiger partial charge in [-0.1, -0.05) is 45.4 Å². The molecule has 2 rings (SSSR count). The first-order chi connectivity index (χ1) is 9.82. The van der Waals surface area contributed by atoms with E-state index in [4.69, 9.17) is 11.6 Å². The fourth-order valence-electron chi connectivity index (χ4n) is 2.41. The van der Waals surface area contributed by atoms with Gasteiger partial charge in [0.05, 0.1) is 17.1 Å². The van der Waals surface area contributed by atoms with Gasteiger partial charge < -0.3 is 5.11 Å². The fraction of sp³-hybridized carbons (Fsp3) is 0.375. The monoisotopic (exact) mass is 306 g/mol. The summed E-state index contributed by atoms with van der Waals surface area (Å²) in [5.74, 6) is -0.861. The number of benzene rings is 1. The van der Waals surface area contributed by atoms with E-state index in [0.717, 1.165) is 5.69 Å². The van der Waals surface area contributed by atoms with Gasteiger partial charge in [0.1, 0.15) is 5.56 Å². The van der Waals surface area contributed by atoms with Gasteiger partial charge in [-0.2, -0.15) is 5.10 Å². The molecule has 0 bridgehead atoms. The van der Waals surface area contributed by atoms with Crippen LogP contribution in [0.15, 0.2) is 24.3 Å². The Kier molecular flexibility index (Phi) is 4.37. The number of carboxylic acid groups (broad SMARTS) is 1. The average Bonchev–Trinajstić information content (AvgIpc) is 2.79. The van der Waals surface area contributed by atoms with E-state index in [1.54, 1.807) is 16.8 Å². The van der Waals surface area contributed by atoms with Gasteiger partial charge in [-0.3, -0.25) is 0 Å². The van der Waals surface area contributed by atoms with E-state index in [1.807, 2.05) is 39.8 Å². The summed E-state index contributed by atoms with van der Waals surface area (Å²) >= 11 is 6.04. The topological polar surface area (TPSA) is 55.1 Å². The first-order valence-electron chi connectivity index (χ1n) is 6.95. The molecular weight excluding hydrogens is 288 g/mol. The molecule has 0 amide bonds. The van der Waals surface area contributed by atoms with Gasteiger partial charge >= 0.3 is 5.97 Å². The van der Waals surface area contributed by atoms with Crippen LogP contribution < -0.4 is 0 Å². The predicted molar refractivity (Wildman–Crippen MR) is 83.7 cm³/mol. The maximum Gasteiger partial charge on any atom is 0.339 e. The molecule has 5 heteroatoms. The summed E-state index contributed by atoms with van der Waals surface area (Å²) in [6, 6.07) is 7.28. The standard InChI is InChI=1S/C16H19ClN2O2/c1-9(2)14-13(16(20)21)15(10(3)4)19(18-14)12-7-5-6-11(17)8-12/h5-10H,1-4H3,(H,20,21). The Bertz CT molecular complexity index is 675. The molecule has 0 unspecified atom stereocenters. The molecule has 4 nitrogen and oxygen atoms in total. The Morgan fingerprint density at radius 1 is 1.24 bits per heavy atom. The van der Waals surface area contributed by atoms with Gasteiger partial charge in [0, 0.05) is 5.02 Å². The Morgan fingerprint density at radius 2 is 1.90 bits per heavy atom. The first kappa shape index (κ1) is 15.6. The Balaban J connectivity index is 2.77. The van der Waals surface area contributed by atoms with Crippen LogP contribution in [0.1, 0.15) is 61.3 Å². The van der Waals surface area contributed by atoms with E-state index in [0.29, 0.717) is 22.0 Å². The number of rotatable bonds is 4. The molecule has 0 aliphatic rings. The molecule has 0 radical (unpaired) electrons. The van der Waals surface area contributed by atoms with Crippen molar-refractivity contribution < 1.29 is 9.90 Å². The molecule has 2 aromatic rings. The van der Waals surface area contributed by atoms with Crippen LogP contribution in [0.5, 0.6) is 0 Å². The SMILES string of the molecule is CC(C)c1nn(-c2cccc(Cl)c2)c(C(C)C)c1C(=O)O. The normalized spacial score (nSPS) is 11.4. The lowest BCUT2D eigenvalue weighted by atomic mass is 9.99. The van der Waals surface area contributed by atoms with E-state index < -0.39 is 5.97 Å². The van der Waals surface area contributed by atoms with E-state index in [9.17, 15) is 9.90 Å². The average molecular weight is 307 g/mol. The van der Waals surface area contributed by atoms with Crippen molar-refractivity contribution in [1.82, 2.24) is 9.78 Å². The number of carbonyl (C=O) groups is 1. The maximum absolute atomic E-state index is 11.7. The van der Waals surface area contributed by atoms with Gasteiger partial charge in [0.25, 0.3) is 0 Å². The minimum atomic E-state index is -0.935. The van der Waals surface area contributed by atoms with Crippen LogP contribution in [0.25, 0.3) is 5.69 Å². The number of hydrogen-bond acceptors (Lipinski definition) is 2. The Hall–Kier alpha value is -1.81. The molecule has 0 saturated carbocycles. The molecule has 1 aromatic carbocycles. The van der Waals surface area contributed by atoms with Crippen LogP contribution in [0, 0.1) is 0 Å². The molecule has 0 atom stereocenters. The van der Waals surface area contributed by atoms with Crippen LogP contribution in [-0.2, 0) is 0 Å². The van der Waals surface area contributed by atoms with Gasteiger partial charge in [0.2, 0.25) is 0 Å². The summed E-state index contributed by atoms with van der Waals surface area (Å²) in [4.78, 5) is 11.7. The van der Waals surface area contributed by atoms with Crippen molar-refractivity contribution in [1.29, 1.82) is 0 Å². The molecule has 0 aliphatic carbocycles. The minimum Gasteiger partial charge on any atom is -0.478 e. The minimum absolute atomic E-state index is 0.0361. The maximum atomic E-state index is 11.7. The van der Waals surface area contributed by atoms with E-state index in [1.165, 1.54) is 0 Å². The molecule has 0 aliphatic heterocycles. The van der Waals surface area contributed by atoms with Crippen molar-refractivity contribution in [2.24, 2.45) is 0 Å². The summed E-state index contributed by atoms with van der Waals surface area (Å²) in [6.45, 7) is 7.82. The zero-order chi connectivity index (χ0) is 15.7. The third-order valence-electron chi connectivity index (χ3n) is 3.31. The third-order valence-corrected chi connectivity index (χ3v) is 3.54. The number of aromatic carboxylic acids is 1. The van der Waals surface area contributed by atoms with Crippen molar-refractivity contribution in [3.05, 3.63) is 46.2 Å². The lowest BCUT2D eigenvalue weighted by molar-refractivity contribution is 0.0693. The molecule has 0 fully saturated rings. The fourth-order valence-corrected chi connectivity index (χ4v) is 2.59. The van der Waals surface area contributed by atoms with Crippen molar-refractivity contribution in [2.45, 2.75) is 39.5 Å². The highest BCUT2D eigenvalue weighted by Gasteiger charge is 2.27. The molecular formula is C16H19ClN2O2. The van der Waals surface area contributed by atoms with E-state index >= 15 is 0 Å². The largest absolute Gasteiger partial charge is 0.478 e. The molecule has 21 heavy (non-hydrogen) atoms. The molecule has 112 valence electrons. The quantitative estimate of drug-likeness (QED) is 0.906. The Morgan fingerprint density at radius 3 is 2.38 bits per heavy atom. The van der Waals surface area contributed by atoms with E-state index in [-0.39, 0.29) is 11.8 Å². The highest BCUT2D eigenvalue weighted by molar-refractivity contribution is 6.30. The molecule has 1 N–H and O–H groups in total. The third kappa shape index (κ3) is 2.95. The molecule has 1 aromatic heterocycles. The number of halogens is 1. The van der Waals surface area contributed by atoms with Gasteiger partial charge in [-0.15, -0.1) is 0 Å². The highest BCUT2D eigenvalue weighted by Crippen LogP contribution is 2.30. The Labute approximate surface area is 129 Å². The van der Waals surface area contributed by atoms with Crippen molar-refractivity contribution in [3.8, 4) is 5.69 Å². The highest BCUT2D eigenvalue weighted by atomic mass is 35.5. The van der Waals surface area contributed by atoms with Gasteiger partial charge in [-0.05, 0) is 30.0 Å².